The molecule has 21 heteroatoms. The summed E-state index contributed by atoms with van der Waals surface area (Å²) in [6.07, 6.45) is 3.74. The standard InChI is InChI=1S/C57H79N7O14/c1-34(2)28-36-14-19-39(20-15-36)35(3)51(70)62-47(32-50(68)69)54(73)60-27-8-6-12-44(58)53(72)61-33-37-16-22-41(23-17-37)48(65)31-43(30-38-18-21-40-10-4-5-11-42(40)29-38)52(71)59-26-9-7-13-45(55(74)75)63-57(78)64-46(56(76)77)24-25-49(66)67/h4-5,10-11,14-15,18-21,29,34-35,37,41,43-47H,6-9,12-13,16-17,22-28,30-33,58H2,1-3H3,(H,59,71)(H,60,73)(H,61,72)(H,62,70)(H,66,67)(H,68,69)(H,74,75)(H,76,77)(H2,63,64,78)/i/hD. The van der Waals surface area contributed by atoms with Gasteiger partial charge in [-0.1, -0.05) is 80.6 Å². The van der Waals surface area contributed by atoms with Crippen LogP contribution >= 0.6 is 0 Å². The Morgan fingerprint density at radius 2 is 1.19 bits per heavy atom. The summed E-state index contributed by atoms with van der Waals surface area (Å²) in [5.74, 6) is -8.30. The average molecular weight is 1090 g/mol. The summed E-state index contributed by atoms with van der Waals surface area (Å²) in [6, 6.07) is 15.1. The summed E-state index contributed by atoms with van der Waals surface area (Å²) in [6.45, 7) is 6.57. The van der Waals surface area contributed by atoms with Gasteiger partial charge in [-0.3, -0.25) is 33.6 Å². The molecule has 0 heterocycles. The molecule has 0 aromatic heterocycles. The number of rotatable bonds is 35. The molecule has 426 valence electrons. The van der Waals surface area contributed by atoms with Crippen LogP contribution in [0.4, 0.5) is 4.79 Å². The zero-order chi connectivity index (χ0) is 58.0. The van der Waals surface area contributed by atoms with E-state index in [0.29, 0.717) is 57.4 Å². The maximum absolute atomic E-state index is 13.9. The maximum Gasteiger partial charge on any atom is 0.326 e. The van der Waals surface area contributed by atoms with Crippen LogP contribution in [0.15, 0.2) is 66.7 Å². The van der Waals surface area contributed by atoms with Gasteiger partial charge in [0, 0.05) is 44.3 Å². The summed E-state index contributed by atoms with van der Waals surface area (Å²) in [5, 5.41) is 54.8. The Labute approximate surface area is 456 Å². The number of nitrogens with one attached hydrogen (secondary N) is 6. The second-order valence-electron chi connectivity index (χ2n) is 20.9. The average Bonchev–Trinajstić information content (AvgIpc) is 3.41. The SMILES string of the molecule is [2H]NC(CCCCNC(=O)C(CC(=O)O)NC(=O)C(C)c1ccc(CC(C)C)cc1)C(=O)NCC1CCC(C(=O)CC(Cc2ccc3ccccc3c2)C(=O)NCCCCC(NC(=O)NC(CCC(=O)O)C(=O)O)C(=O)O)CC1. The van der Waals surface area contributed by atoms with Crippen molar-refractivity contribution >= 4 is 70.1 Å². The minimum atomic E-state index is -1.54. The number of amides is 6. The van der Waals surface area contributed by atoms with Crippen molar-refractivity contribution in [2.45, 2.75) is 154 Å². The van der Waals surface area contributed by atoms with Gasteiger partial charge >= 0.3 is 29.9 Å². The molecule has 6 atom stereocenters. The lowest BCUT2D eigenvalue weighted by atomic mass is 9.77. The molecule has 0 spiro atoms. The van der Waals surface area contributed by atoms with Crippen molar-refractivity contribution in [3.63, 3.8) is 0 Å². The van der Waals surface area contributed by atoms with E-state index < -0.39 is 97.0 Å². The Morgan fingerprint density at radius 1 is 0.590 bits per heavy atom. The van der Waals surface area contributed by atoms with Crippen LogP contribution in [0.5, 0.6) is 0 Å². The molecule has 3 aromatic carbocycles. The van der Waals surface area contributed by atoms with Crippen LogP contribution in [0.1, 0.15) is 133 Å². The Kier molecular flexibility index (Phi) is 25.5. The van der Waals surface area contributed by atoms with Gasteiger partial charge in [-0.2, -0.15) is 0 Å². The molecule has 0 bridgehead atoms. The van der Waals surface area contributed by atoms with Crippen molar-refractivity contribution in [2.75, 3.05) is 19.6 Å². The molecule has 0 saturated heterocycles. The Hall–Kier alpha value is -7.42. The quantitative estimate of drug-likeness (QED) is 0.0352. The van der Waals surface area contributed by atoms with Crippen LogP contribution in [0.25, 0.3) is 10.8 Å². The van der Waals surface area contributed by atoms with Crippen molar-refractivity contribution in [1.82, 2.24) is 31.9 Å². The number of nitrogens with two attached hydrogens (primary N) is 1. The molecule has 0 aliphatic heterocycles. The van der Waals surface area contributed by atoms with E-state index in [2.05, 4.69) is 51.5 Å². The minimum Gasteiger partial charge on any atom is -0.481 e. The minimum absolute atomic E-state index is 0.0118. The number of unbranched alkanes of at least 4 members (excludes halogenated alkanes) is 2. The van der Waals surface area contributed by atoms with E-state index in [4.69, 9.17) is 6.52 Å². The van der Waals surface area contributed by atoms with E-state index in [9.17, 15) is 63.3 Å². The molecular formula is C57H79N7O14. The molecule has 1 aliphatic rings. The molecule has 78 heavy (non-hydrogen) atoms. The highest BCUT2D eigenvalue weighted by Gasteiger charge is 2.32. The lowest BCUT2D eigenvalue weighted by Gasteiger charge is -2.29. The number of carboxylic acids is 4. The Balaban J connectivity index is 1.21. The van der Waals surface area contributed by atoms with Gasteiger partial charge in [0.2, 0.25) is 23.6 Å². The number of Topliss-reactive ketones (excluding diaryl/α,β-unsaturated/α-hetero) is 1. The van der Waals surface area contributed by atoms with Crippen molar-refractivity contribution in [2.24, 2.45) is 29.4 Å². The van der Waals surface area contributed by atoms with Gasteiger partial charge in [-0.25, -0.2) is 14.4 Å². The van der Waals surface area contributed by atoms with Crippen LogP contribution in [-0.2, 0) is 56.0 Å². The second kappa shape index (κ2) is 32.3. The summed E-state index contributed by atoms with van der Waals surface area (Å²) in [4.78, 5) is 125. The number of fused-ring (bicyclic) bond motifs is 1. The zero-order valence-electron chi connectivity index (χ0n) is 45.9. The number of ketones is 1. The van der Waals surface area contributed by atoms with Gasteiger partial charge in [0.05, 0.1) is 18.4 Å². The normalized spacial score (nSPS) is 16.7. The predicted molar refractivity (Wildman–Crippen MR) is 290 cm³/mol. The first-order valence-electron chi connectivity index (χ1n) is 27.5. The van der Waals surface area contributed by atoms with Crippen molar-refractivity contribution in [3.05, 3.63) is 83.4 Å². The lowest BCUT2D eigenvalue weighted by molar-refractivity contribution is -0.141. The third kappa shape index (κ3) is 22.3. The number of hydrogen-bond donors (Lipinski definition) is 11. The molecule has 1 fully saturated rings. The number of aliphatic carboxylic acids is 4. The summed E-state index contributed by atoms with van der Waals surface area (Å²) in [7, 11) is 0. The fraction of sp³-hybridized carbons (Fsp3) is 0.544. The van der Waals surface area contributed by atoms with Crippen LogP contribution in [0.2, 0.25) is 1.41 Å². The topological polar surface area (TPSA) is 350 Å². The van der Waals surface area contributed by atoms with Gasteiger partial charge in [0.1, 0.15) is 25.3 Å². The van der Waals surface area contributed by atoms with Crippen molar-refractivity contribution in [3.8, 4) is 0 Å². The van der Waals surface area contributed by atoms with Crippen LogP contribution in [-0.4, -0.2) is 124 Å². The zero-order valence-corrected chi connectivity index (χ0v) is 44.9. The predicted octanol–water partition coefficient (Wildman–Crippen LogP) is 4.81. The Bertz CT molecular complexity index is 2560. The number of carbonyl (C=O) groups excluding carboxylic acids is 6. The first-order valence-corrected chi connectivity index (χ1v) is 27.0. The summed E-state index contributed by atoms with van der Waals surface area (Å²) < 4.78 is 7.80. The van der Waals surface area contributed by atoms with Gasteiger partial charge in [-0.05, 0) is 130 Å². The summed E-state index contributed by atoms with van der Waals surface area (Å²) in [5.41, 5.74) is 5.05. The van der Waals surface area contributed by atoms with Gasteiger partial charge < -0.3 is 58.1 Å². The number of urea groups is 1. The molecule has 1 saturated carbocycles. The Morgan fingerprint density at radius 3 is 1.79 bits per heavy atom. The molecule has 3 aromatic rings. The van der Waals surface area contributed by atoms with Crippen LogP contribution in [0, 0.1) is 23.7 Å². The van der Waals surface area contributed by atoms with E-state index in [1.165, 1.54) is 0 Å². The van der Waals surface area contributed by atoms with Crippen molar-refractivity contribution in [1.29, 1.82) is 0 Å². The first-order chi connectivity index (χ1) is 37.6. The molecule has 0 radical (unpaired) electrons. The van der Waals surface area contributed by atoms with Crippen molar-refractivity contribution < 1.29 is 69.8 Å². The molecule has 6 amide bonds. The van der Waals surface area contributed by atoms with Gasteiger partial charge in [0.15, 0.2) is 0 Å². The molecule has 21 nitrogen and oxygen atoms in total. The van der Waals surface area contributed by atoms with Gasteiger partial charge in [-0.15, -0.1) is 0 Å². The van der Waals surface area contributed by atoms with E-state index in [1.54, 1.807) is 6.92 Å². The fourth-order valence-electron chi connectivity index (χ4n) is 9.53. The van der Waals surface area contributed by atoms with E-state index >= 15 is 0 Å². The lowest BCUT2D eigenvalue weighted by Crippen LogP contribution is -2.51. The highest BCUT2D eigenvalue weighted by molar-refractivity contribution is 5.93. The highest BCUT2D eigenvalue weighted by Crippen LogP contribution is 2.31. The van der Waals surface area contributed by atoms with Crippen LogP contribution in [0.3, 0.4) is 0 Å². The number of hydrogen-bond acceptors (Lipinski definition) is 11. The largest absolute Gasteiger partial charge is 0.481 e. The third-order valence-electron chi connectivity index (χ3n) is 14.1. The highest BCUT2D eigenvalue weighted by atomic mass is 16.4. The second-order valence-corrected chi connectivity index (χ2v) is 20.9. The monoisotopic (exact) mass is 1090 g/mol. The molecule has 4 rings (SSSR count). The maximum atomic E-state index is 13.9. The first kappa shape index (κ1) is 61.4. The molecule has 6 unspecified atom stereocenters. The number of benzene rings is 3. The van der Waals surface area contributed by atoms with Crippen LogP contribution < -0.4 is 37.6 Å². The van der Waals surface area contributed by atoms with E-state index in [1.807, 2.05) is 66.7 Å². The summed E-state index contributed by atoms with van der Waals surface area (Å²) >= 11 is 0. The molecular weight excluding hydrogens is 1010 g/mol. The smallest absolute Gasteiger partial charge is 0.326 e. The van der Waals surface area contributed by atoms with Gasteiger partial charge in [0.25, 0.3) is 0 Å². The third-order valence-corrected chi connectivity index (χ3v) is 14.1. The van der Waals surface area contributed by atoms with E-state index in [0.717, 1.165) is 33.9 Å². The molecule has 12 N–H and O–H groups in total. The van der Waals surface area contributed by atoms with E-state index in [-0.39, 0.29) is 74.6 Å². The molecule has 1 aliphatic carbocycles. The number of carbonyl (C=O) groups is 10. The number of carboxylic acid groups (broad SMARTS) is 4. The fourth-order valence-corrected chi connectivity index (χ4v) is 9.53.